The third-order valence-corrected chi connectivity index (χ3v) is 5.22. The molecule has 0 spiro atoms. The zero-order chi connectivity index (χ0) is 13.9. The first kappa shape index (κ1) is 14.3. The Balaban J connectivity index is 2.10. The number of hydrogen-bond donors (Lipinski definition) is 0. The van der Waals surface area contributed by atoms with E-state index in [-0.39, 0.29) is 24.0 Å². The highest BCUT2D eigenvalue weighted by Crippen LogP contribution is 2.12. The lowest BCUT2D eigenvalue weighted by Gasteiger charge is -2.19. The van der Waals surface area contributed by atoms with E-state index < -0.39 is 9.84 Å². The number of carbonyl (C=O) groups is 1. The summed E-state index contributed by atoms with van der Waals surface area (Å²) in [5, 5.41) is 0. The molecule has 0 unspecified atom stereocenters. The molecule has 0 saturated carbocycles. The fourth-order valence-corrected chi connectivity index (χ4v) is 3.51. The van der Waals surface area contributed by atoms with E-state index in [1.807, 2.05) is 12.1 Å². The summed E-state index contributed by atoms with van der Waals surface area (Å²) in [5.74, 6) is 0.523. The van der Waals surface area contributed by atoms with Gasteiger partial charge in [0.1, 0.15) is 0 Å². The molecule has 0 atom stereocenters. The number of rotatable bonds is 2. The molecular formula is C13H16ClNO3S. The van der Waals surface area contributed by atoms with Crippen LogP contribution in [0.15, 0.2) is 24.3 Å². The molecule has 0 radical (unpaired) electrons. The highest BCUT2D eigenvalue weighted by molar-refractivity contribution is 7.91. The van der Waals surface area contributed by atoms with Crippen molar-refractivity contribution in [1.29, 1.82) is 0 Å². The first-order chi connectivity index (χ1) is 9.02. The molecule has 19 heavy (non-hydrogen) atoms. The summed E-state index contributed by atoms with van der Waals surface area (Å²) in [6.07, 6.45) is 0.508. The van der Waals surface area contributed by atoms with Crippen molar-refractivity contribution in [3.05, 3.63) is 35.4 Å². The molecule has 1 fully saturated rings. The normalized spacial score (nSPS) is 18.9. The van der Waals surface area contributed by atoms with Crippen molar-refractivity contribution in [3.63, 3.8) is 0 Å². The molecule has 1 aliphatic rings. The molecule has 0 bridgehead atoms. The third kappa shape index (κ3) is 3.70. The summed E-state index contributed by atoms with van der Waals surface area (Å²) in [6, 6.07) is 7.10. The summed E-state index contributed by atoms with van der Waals surface area (Å²) in [5.41, 5.74) is 1.53. The molecule has 1 saturated heterocycles. The molecule has 0 aliphatic carbocycles. The average molecular weight is 302 g/mol. The monoisotopic (exact) mass is 301 g/mol. The quantitative estimate of drug-likeness (QED) is 0.781. The minimum atomic E-state index is -2.99. The molecule has 6 heteroatoms. The van der Waals surface area contributed by atoms with Crippen LogP contribution in [0.2, 0.25) is 0 Å². The van der Waals surface area contributed by atoms with Crippen molar-refractivity contribution < 1.29 is 13.2 Å². The van der Waals surface area contributed by atoms with Crippen molar-refractivity contribution in [3.8, 4) is 0 Å². The number of sulfone groups is 1. The number of halogens is 1. The number of alkyl halides is 1. The highest BCUT2D eigenvalue weighted by Gasteiger charge is 2.23. The van der Waals surface area contributed by atoms with Crippen LogP contribution < -0.4 is 0 Å². The highest BCUT2D eigenvalue weighted by atomic mass is 35.5. The van der Waals surface area contributed by atoms with Crippen LogP contribution >= 0.6 is 11.6 Å². The van der Waals surface area contributed by atoms with Crippen LogP contribution in [-0.4, -0.2) is 43.8 Å². The second-order valence-corrected chi connectivity index (χ2v) is 7.20. The van der Waals surface area contributed by atoms with Gasteiger partial charge in [0.05, 0.1) is 11.5 Å². The van der Waals surface area contributed by atoms with Gasteiger partial charge in [-0.1, -0.05) is 12.1 Å². The van der Waals surface area contributed by atoms with E-state index in [1.54, 1.807) is 17.0 Å². The van der Waals surface area contributed by atoms with Gasteiger partial charge in [0.2, 0.25) is 0 Å². The lowest BCUT2D eigenvalue weighted by atomic mass is 10.1. The van der Waals surface area contributed by atoms with Gasteiger partial charge in [0.15, 0.2) is 9.84 Å². The van der Waals surface area contributed by atoms with Crippen molar-refractivity contribution >= 4 is 27.3 Å². The van der Waals surface area contributed by atoms with Gasteiger partial charge in [-0.15, -0.1) is 11.6 Å². The predicted molar refractivity (Wildman–Crippen MR) is 75.2 cm³/mol. The average Bonchev–Trinajstić information content (AvgIpc) is 2.59. The first-order valence-corrected chi connectivity index (χ1v) is 8.52. The van der Waals surface area contributed by atoms with E-state index in [1.165, 1.54) is 0 Å². The van der Waals surface area contributed by atoms with Gasteiger partial charge in [-0.2, -0.15) is 0 Å². The largest absolute Gasteiger partial charge is 0.338 e. The van der Waals surface area contributed by atoms with Crippen LogP contribution in [0.25, 0.3) is 0 Å². The van der Waals surface area contributed by atoms with Gasteiger partial charge in [-0.3, -0.25) is 4.79 Å². The third-order valence-electron chi connectivity index (χ3n) is 3.20. The summed E-state index contributed by atoms with van der Waals surface area (Å²) >= 11 is 5.70. The topological polar surface area (TPSA) is 54.5 Å². The maximum absolute atomic E-state index is 12.3. The number of hydrogen-bond acceptors (Lipinski definition) is 3. The molecule has 1 heterocycles. The van der Waals surface area contributed by atoms with Crippen molar-refractivity contribution in [2.75, 3.05) is 24.6 Å². The minimum Gasteiger partial charge on any atom is -0.338 e. The Hall–Kier alpha value is -1.07. The van der Waals surface area contributed by atoms with E-state index >= 15 is 0 Å². The van der Waals surface area contributed by atoms with E-state index in [4.69, 9.17) is 11.6 Å². The SMILES string of the molecule is O=C(c1ccc(CCl)cc1)N1CCCS(=O)(=O)CC1. The van der Waals surface area contributed by atoms with E-state index in [0.717, 1.165) is 5.56 Å². The summed E-state index contributed by atoms with van der Waals surface area (Å²) in [4.78, 5) is 13.9. The summed E-state index contributed by atoms with van der Waals surface area (Å²) in [6.45, 7) is 0.772. The molecule has 0 N–H and O–H groups in total. The van der Waals surface area contributed by atoms with E-state index in [0.29, 0.717) is 24.4 Å². The lowest BCUT2D eigenvalue weighted by molar-refractivity contribution is 0.0768. The van der Waals surface area contributed by atoms with Gasteiger partial charge in [-0.25, -0.2) is 8.42 Å². The van der Waals surface area contributed by atoms with Crippen LogP contribution in [-0.2, 0) is 15.7 Å². The van der Waals surface area contributed by atoms with Crippen LogP contribution in [0, 0.1) is 0 Å². The molecule has 4 nitrogen and oxygen atoms in total. The maximum Gasteiger partial charge on any atom is 0.253 e. The Morgan fingerprint density at radius 1 is 1.16 bits per heavy atom. The van der Waals surface area contributed by atoms with Crippen LogP contribution in [0.1, 0.15) is 22.3 Å². The van der Waals surface area contributed by atoms with Crippen molar-refractivity contribution in [2.24, 2.45) is 0 Å². The van der Waals surface area contributed by atoms with Gasteiger partial charge in [-0.05, 0) is 24.1 Å². The first-order valence-electron chi connectivity index (χ1n) is 6.16. The van der Waals surface area contributed by atoms with Gasteiger partial charge in [0, 0.05) is 24.5 Å². The summed E-state index contributed by atoms with van der Waals surface area (Å²) in [7, 11) is -2.99. The van der Waals surface area contributed by atoms with E-state index in [2.05, 4.69) is 0 Å². The Kier molecular flexibility index (Phi) is 4.47. The molecule has 1 aromatic carbocycles. The maximum atomic E-state index is 12.3. The van der Waals surface area contributed by atoms with Gasteiger partial charge < -0.3 is 4.90 Å². The molecule has 0 aromatic heterocycles. The van der Waals surface area contributed by atoms with Gasteiger partial charge in [0.25, 0.3) is 5.91 Å². The van der Waals surface area contributed by atoms with E-state index in [9.17, 15) is 13.2 Å². The van der Waals surface area contributed by atoms with Crippen LogP contribution in [0.3, 0.4) is 0 Å². The smallest absolute Gasteiger partial charge is 0.253 e. The number of amides is 1. The fraction of sp³-hybridized carbons (Fsp3) is 0.462. The Morgan fingerprint density at radius 2 is 1.84 bits per heavy atom. The Labute approximate surface area is 118 Å². The minimum absolute atomic E-state index is 0.0541. The molecule has 1 aliphatic heterocycles. The second kappa shape index (κ2) is 5.92. The standard InChI is InChI=1S/C13H16ClNO3S/c14-10-11-2-4-12(5-3-11)13(16)15-6-1-8-19(17,18)9-7-15/h2-5H,1,6-10H2. The molecule has 104 valence electrons. The Bertz CT molecular complexity index is 554. The Morgan fingerprint density at radius 3 is 2.47 bits per heavy atom. The van der Waals surface area contributed by atoms with Crippen LogP contribution in [0.4, 0.5) is 0 Å². The number of nitrogens with zero attached hydrogens (tertiary/aromatic N) is 1. The van der Waals surface area contributed by atoms with Crippen LogP contribution in [0.5, 0.6) is 0 Å². The summed E-state index contributed by atoms with van der Waals surface area (Å²) < 4.78 is 23.0. The zero-order valence-corrected chi connectivity index (χ0v) is 12.1. The fourth-order valence-electron chi connectivity index (χ4n) is 2.06. The van der Waals surface area contributed by atoms with Gasteiger partial charge >= 0.3 is 0 Å². The predicted octanol–water partition coefficient (Wildman–Crippen LogP) is 1.69. The number of carbonyl (C=O) groups excluding carboxylic acids is 1. The number of benzene rings is 1. The molecule has 2 rings (SSSR count). The van der Waals surface area contributed by atoms with Crippen molar-refractivity contribution in [1.82, 2.24) is 4.90 Å². The molecule has 1 amide bonds. The second-order valence-electron chi connectivity index (χ2n) is 4.63. The molecule has 1 aromatic rings. The van der Waals surface area contributed by atoms with Crippen molar-refractivity contribution in [2.45, 2.75) is 12.3 Å². The zero-order valence-electron chi connectivity index (χ0n) is 10.5. The lowest BCUT2D eigenvalue weighted by Crippen LogP contribution is -2.33. The molecular weight excluding hydrogens is 286 g/mol.